The molecule has 1 aliphatic rings. The fraction of sp³-hybridized carbons (Fsp3) is 0.520. The molecule has 2 nitrogen and oxygen atoms in total. The molecule has 0 bridgehead atoms. The highest BCUT2D eigenvalue weighted by molar-refractivity contribution is 5.63. The topological polar surface area (TPSA) is 18.5 Å². The molecule has 0 aliphatic carbocycles. The van der Waals surface area contributed by atoms with Gasteiger partial charge < -0.3 is 9.47 Å². The summed E-state index contributed by atoms with van der Waals surface area (Å²) in [7, 11) is 0. The maximum Gasteiger partial charge on any atom is 0.157 e. The van der Waals surface area contributed by atoms with Crippen LogP contribution >= 0.6 is 0 Å². The van der Waals surface area contributed by atoms with Crippen molar-refractivity contribution < 1.29 is 9.47 Å². The van der Waals surface area contributed by atoms with E-state index in [4.69, 9.17) is 9.47 Å². The number of aryl methyl sites for hydroxylation is 2. The van der Waals surface area contributed by atoms with Crippen LogP contribution in [0.2, 0.25) is 0 Å². The van der Waals surface area contributed by atoms with Crippen molar-refractivity contribution in [1.29, 1.82) is 0 Å². The van der Waals surface area contributed by atoms with Crippen molar-refractivity contribution in [2.24, 2.45) is 5.92 Å². The summed E-state index contributed by atoms with van der Waals surface area (Å²) in [4.78, 5) is 0. The zero-order valence-corrected chi connectivity index (χ0v) is 17.0. The summed E-state index contributed by atoms with van der Waals surface area (Å²) in [6.45, 7) is 6.11. The predicted molar refractivity (Wildman–Crippen MR) is 113 cm³/mol. The number of benzene rings is 2. The van der Waals surface area contributed by atoms with Crippen LogP contribution < -0.4 is 0 Å². The van der Waals surface area contributed by atoms with Gasteiger partial charge in [0.1, 0.15) is 0 Å². The van der Waals surface area contributed by atoms with Crippen molar-refractivity contribution >= 4 is 0 Å². The van der Waals surface area contributed by atoms with E-state index in [2.05, 4.69) is 62.4 Å². The number of rotatable bonds is 9. The van der Waals surface area contributed by atoms with Crippen LogP contribution in [0.25, 0.3) is 11.1 Å². The van der Waals surface area contributed by atoms with E-state index in [-0.39, 0.29) is 6.29 Å². The summed E-state index contributed by atoms with van der Waals surface area (Å²) in [6, 6.07) is 17.6. The summed E-state index contributed by atoms with van der Waals surface area (Å²) in [5.41, 5.74) is 5.19. The van der Waals surface area contributed by atoms with E-state index < -0.39 is 0 Å². The van der Waals surface area contributed by atoms with Gasteiger partial charge in [-0.1, -0.05) is 86.7 Å². The minimum atomic E-state index is -0.0336. The van der Waals surface area contributed by atoms with Gasteiger partial charge in [0.05, 0.1) is 13.2 Å². The fourth-order valence-corrected chi connectivity index (χ4v) is 3.67. The Hall–Kier alpha value is -1.64. The first-order valence-corrected chi connectivity index (χ1v) is 10.6. The third kappa shape index (κ3) is 6.48. The van der Waals surface area contributed by atoms with Crippen molar-refractivity contribution in [2.75, 3.05) is 13.2 Å². The average Bonchev–Trinajstić information content (AvgIpc) is 2.72. The van der Waals surface area contributed by atoms with E-state index in [1.54, 1.807) is 0 Å². The zero-order valence-electron chi connectivity index (χ0n) is 17.0. The van der Waals surface area contributed by atoms with Gasteiger partial charge in [0.25, 0.3) is 0 Å². The van der Waals surface area contributed by atoms with Gasteiger partial charge in [0.2, 0.25) is 0 Å². The Labute approximate surface area is 164 Å². The Morgan fingerprint density at radius 1 is 0.778 bits per heavy atom. The summed E-state index contributed by atoms with van der Waals surface area (Å²) in [5, 5.41) is 0. The van der Waals surface area contributed by atoms with E-state index in [0.717, 1.165) is 26.1 Å². The largest absolute Gasteiger partial charge is 0.352 e. The maximum atomic E-state index is 5.95. The molecule has 0 N–H and O–H groups in total. The van der Waals surface area contributed by atoms with Gasteiger partial charge in [0, 0.05) is 12.3 Å². The molecule has 0 spiro atoms. The molecule has 2 aromatic rings. The monoisotopic (exact) mass is 366 g/mol. The van der Waals surface area contributed by atoms with Crippen LogP contribution in [0, 0.1) is 12.8 Å². The highest BCUT2D eigenvalue weighted by Crippen LogP contribution is 2.23. The minimum Gasteiger partial charge on any atom is -0.352 e. The molecular weight excluding hydrogens is 332 g/mol. The normalized spacial score (nSPS) is 19.9. The van der Waals surface area contributed by atoms with Gasteiger partial charge in [-0.05, 0) is 36.5 Å². The van der Waals surface area contributed by atoms with Crippen molar-refractivity contribution in [1.82, 2.24) is 0 Å². The molecule has 1 heterocycles. The van der Waals surface area contributed by atoms with Crippen LogP contribution in [0.5, 0.6) is 0 Å². The van der Waals surface area contributed by atoms with Crippen molar-refractivity contribution in [2.45, 2.75) is 65.1 Å². The van der Waals surface area contributed by atoms with Crippen molar-refractivity contribution in [3.8, 4) is 11.1 Å². The third-order valence-electron chi connectivity index (χ3n) is 5.51. The summed E-state index contributed by atoms with van der Waals surface area (Å²) in [6.07, 6.45) is 8.44. The molecule has 1 fully saturated rings. The second-order valence-electron chi connectivity index (χ2n) is 7.91. The van der Waals surface area contributed by atoms with Crippen LogP contribution in [-0.4, -0.2) is 19.5 Å². The average molecular weight is 367 g/mol. The van der Waals surface area contributed by atoms with Crippen LogP contribution in [0.1, 0.15) is 56.6 Å². The first-order chi connectivity index (χ1) is 13.2. The van der Waals surface area contributed by atoms with E-state index in [0.29, 0.717) is 5.92 Å². The molecule has 0 aromatic heterocycles. The van der Waals surface area contributed by atoms with E-state index >= 15 is 0 Å². The van der Waals surface area contributed by atoms with Gasteiger partial charge in [-0.3, -0.25) is 0 Å². The molecule has 2 heteroatoms. The molecule has 3 rings (SSSR count). The number of hydrogen-bond donors (Lipinski definition) is 0. The minimum absolute atomic E-state index is 0.0336. The molecular formula is C25H34O2. The van der Waals surface area contributed by atoms with E-state index in [9.17, 15) is 0 Å². The van der Waals surface area contributed by atoms with Gasteiger partial charge in [-0.2, -0.15) is 0 Å². The Morgan fingerprint density at radius 3 is 2.04 bits per heavy atom. The first kappa shape index (κ1) is 20.1. The molecule has 1 saturated heterocycles. The molecule has 2 aromatic carbocycles. The quantitative estimate of drug-likeness (QED) is 0.468. The molecule has 1 aliphatic heterocycles. The second kappa shape index (κ2) is 10.6. The molecule has 27 heavy (non-hydrogen) atoms. The summed E-state index contributed by atoms with van der Waals surface area (Å²) in [5.74, 6) is 0.590. The molecule has 0 unspecified atom stereocenters. The van der Waals surface area contributed by atoms with E-state index in [1.165, 1.54) is 54.4 Å². The maximum absolute atomic E-state index is 5.95. The van der Waals surface area contributed by atoms with Gasteiger partial charge in [-0.15, -0.1) is 0 Å². The molecule has 0 amide bonds. The molecule has 0 radical (unpaired) electrons. The lowest BCUT2D eigenvalue weighted by Crippen LogP contribution is -2.32. The lowest BCUT2D eigenvalue weighted by molar-refractivity contribution is -0.203. The Bertz CT molecular complexity index is 652. The number of ether oxygens (including phenoxy) is 2. The van der Waals surface area contributed by atoms with Crippen LogP contribution in [0.4, 0.5) is 0 Å². The Balaban J connectivity index is 1.39. The third-order valence-corrected chi connectivity index (χ3v) is 5.51. The number of hydrogen-bond acceptors (Lipinski definition) is 2. The predicted octanol–water partition coefficient (Wildman–Crippen LogP) is 6.55. The zero-order chi connectivity index (χ0) is 18.9. The lowest BCUT2D eigenvalue weighted by atomic mass is 10.0. The lowest BCUT2D eigenvalue weighted by Gasteiger charge is -2.29. The highest BCUT2D eigenvalue weighted by Gasteiger charge is 2.21. The summed E-state index contributed by atoms with van der Waals surface area (Å²) >= 11 is 0. The van der Waals surface area contributed by atoms with Crippen molar-refractivity contribution in [3.63, 3.8) is 0 Å². The Kier molecular flexibility index (Phi) is 7.92. The van der Waals surface area contributed by atoms with Gasteiger partial charge >= 0.3 is 0 Å². The first-order valence-electron chi connectivity index (χ1n) is 10.6. The van der Waals surface area contributed by atoms with Gasteiger partial charge in [-0.25, -0.2) is 0 Å². The Morgan fingerprint density at radius 2 is 1.41 bits per heavy atom. The van der Waals surface area contributed by atoms with Crippen LogP contribution in [0.3, 0.4) is 0 Å². The molecule has 0 saturated carbocycles. The van der Waals surface area contributed by atoms with E-state index in [1.807, 2.05) is 0 Å². The van der Waals surface area contributed by atoms with Crippen molar-refractivity contribution in [3.05, 3.63) is 59.7 Å². The second-order valence-corrected chi connectivity index (χ2v) is 7.91. The molecule has 0 atom stereocenters. The smallest absolute Gasteiger partial charge is 0.157 e. The highest BCUT2D eigenvalue weighted by atomic mass is 16.7. The molecule has 146 valence electrons. The summed E-state index contributed by atoms with van der Waals surface area (Å²) < 4.78 is 11.9. The van der Waals surface area contributed by atoms with Crippen LogP contribution in [-0.2, 0) is 15.9 Å². The van der Waals surface area contributed by atoms with Gasteiger partial charge in [0.15, 0.2) is 6.29 Å². The van der Waals surface area contributed by atoms with Crippen LogP contribution in [0.15, 0.2) is 48.5 Å². The SMILES string of the molecule is CCCCCCC1COC(CCc2ccc(-c3ccc(C)cc3)cc2)OC1. The standard InChI is InChI=1S/C25H34O2/c1-3-4-5-6-7-22-18-26-25(27-19-22)17-12-21-10-15-24(16-11-21)23-13-8-20(2)9-14-23/h8-11,13-16,22,25H,3-7,12,17-19H2,1-2H3. The number of unbranched alkanes of at least 4 members (excludes halogenated alkanes) is 3. The fourth-order valence-electron chi connectivity index (χ4n) is 3.67.